The van der Waals surface area contributed by atoms with Gasteiger partial charge in [-0.05, 0) is 18.1 Å². The molecule has 0 saturated heterocycles. The van der Waals surface area contributed by atoms with Crippen molar-refractivity contribution in [1.82, 2.24) is 9.88 Å². The number of aromatic nitrogens is 1. The van der Waals surface area contributed by atoms with E-state index in [4.69, 9.17) is 0 Å². The van der Waals surface area contributed by atoms with Crippen LogP contribution in [0.4, 0.5) is 0 Å². The van der Waals surface area contributed by atoms with E-state index in [9.17, 15) is 9.59 Å². The zero-order valence-electron chi connectivity index (χ0n) is 12.3. The van der Waals surface area contributed by atoms with Crippen molar-refractivity contribution in [2.45, 2.75) is 33.2 Å². The molecule has 5 nitrogen and oxygen atoms in total. The van der Waals surface area contributed by atoms with Crippen molar-refractivity contribution >= 4 is 11.9 Å². The van der Waals surface area contributed by atoms with Gasteiger partial charge in [-0.25, -0.2) is 0 Å². The molecule has 0 aromatic carbocycles. The summed E-state index contributed by atoms with van der Waals surface area (Å²) in [6.07, 6.45) is 2.00. The van der Waals surface area contributed by atoms with Gasteiger partial charge in [0.25, 0.3) is 0 Å². The minimum Gasteiger partial charge on any atom is -0.469 e. The Morgan fingerprint density at radius 3 is 2.60 bits per heavy atom. The maximum Gasteiger partial charge on any atom is 0.306 e. The van der Waals surface area contributed by atoms with Gasteiger partial charge in [0, 0.05) is 19.2 Å². The van der Waals surface area contributed by atoms with E-state index in [0.717, 1.165) is 5.69 Å². The van der Waals surface area contributed by atoms with Crippen LogP contribution >= 0.6 is 0 Å². The predicted octanol–water partition coefficient (Wildman–Crippen LogP) is 2.02. The van der Waals surface area contributed by atoms with Gasteiger partial charge in [0.15, 0.2) is 0 Å². The molecule has 0 spiro atoms. The summed E-state index contributed by atoms with van der Waals surface area (Å²) in [6, 6.07) is 5.63. The number of amides is 1. The van der Waals surface area contributed by atoms with E-state index < -0.39 is 0 Å². The van der Waals surface area contributed by atoms with E-state index in [0.29, 0.717) is 19.0 Å². The van der Waals surface area contributed by atoms with Crippen LogP contribution in [0.2, 0.25) is 0 Å². The molecule has 1 aromatic rings. The molecule has 1 amide bonds. The largest absolute Gasteiger partial charge is 0.469 e. The van der Waals surface area contributed by atoms with Gasteiger partial charge in [0.2, 0.25) is 5.91 Å². The minimum absolute atomic E-state index is 0.0465. The fraction of sp³-hybridized carbons (Fsp3) is 0.533. The number of nitrogens with zero attached hydrogens (tertiary/aromatic N) is 2. The highest BCUT2D eigenvalue weighted by molar-refractivity contribution is 5.81. The molecule has 1 aromatic heterocycles. The average Bonchev–Trinajstić information content (AvgIpc) is 2.44. The summed E-state index contributed by atoms with van der Waals surface area (Å²) in [6.45, 7) is 5.23. The standard InChI is InChI=1S/C15H22N2O3/c1-12(2)10-17(11-13-6-4-5-9-16-13)14(18)7-8-15(19)20-3/h4-6,9,12H,7-8,10-11H2,1-3H3. The van der Waals surface area contributed by atoms with Crippen molar-refractivity contribution in [1.29, 1.82) is 0 Å². The molecule has 0 aliphatic heterocycles. The molecule has 5 heteroatoms. The number of rotatable bonds is 7. The van der Waals surface area contributed by atoms with Crippen LogP contribution < -0.4 is 0 Å². The second kappa shape index (κ2) is 8.30. The topological polar surface area (TPSA) is 59.5 Å². The molecule has 1 rings (SSSR count). The first kappa shape index (κ1) is 16.1. The number of pyridine rings is 1. The number of hydrogen-bond donors (Lipinski definition) is 0. The van der Waals surface area contributed by atoms with Gasteiger partial charge in [-0.15, -0.1) is 0 Å². The van der Waals surface area contributed by atoms with Crippen LogP contribution in [0.25, 0.3) is 0 Å². The zero-order valence-corrected chi connectivity index (χ0v) is 12.3. The molecular weight excluding hydrogens is 256 g/mol. The molecule has 0 atom stereocenters. The van der Waals surface area contributed by atoms with Crippen LogP contribution in [-0.4, -0.2) is 35.4 Å². The van der Waals surface area contributed by atoms with E-state index in [-0.39, 0.29) is 24.7 Å². The van der Waals surface area contributed by atoms with Gasteiger partial charge in [-0.2, -0.15) is 0 Å². The van der Waals surface area contributed by atoms with Gasteiger partial charge in [-0.1, -0.05) is 19.9 Å². The van der Waals surface area contributed by atoms with Crippen molar-refractivity contribution in [3.8, 4) is 0 Å². The van der Waals surface area contributed by atoms with Crippen molar-refractivity contribution in [3.05, 3.63) is 30.1 Å². The Bertz CT molecular complexity index is 432. The first-order valence-electron chi connectivity index (χ1n) is 6.77. The molecule has 0 saturated carbocycles. The van der Waals surface area contributed by atoms with Crippen molar-refractivity contribution < 1.29 is 14.3 Å². The number of ether oxygens (including phenoxy) is 1. The fourth-order valence-corrected chi connectivity index (χ4v) is 1.85. The first-order chi connectivity index (χ1) is 9.52. The Labute approximate surface area is 119 Å². The smallest absolute Gasteiger partial charge is 0.306 e. The van der Waals surface area contributed by atoms with Crippen LogP contribution in [0, 0.1) is 5.92 Å². The van der Waals surface area contributed by atoms with Gasteiger partial charge >= 0.3 is 5.97 Å². The second-order valence-corrected chi connectivity index (χ2v) is 5.07. The molecule has 1 heterocycles. The Morgan fingerprint density at radius 1 is 1.30 bits per heavy atom. The molecule has 20 heavy (non-hydrogen) atoms. The summed E-state index contributed by atoms with van der Waals surface area (Å²) < 4.78 is 4.56. The molecule has 110 valence electrons. The van der Waals surface area contributed by atoms with Crippen LogP contribution in [0.15, 0.2) is 24.4 Å². The summed E-state index contributed by atoms with van der Waals surface area (Å²) in [5, 5.41) is 0. The molecule has 0 aliphatic rings. The number of esters is 1. The summed E-state index contributed by atoms with van der Waals surface area (Å²) in [7, 11) is 1.33. The third-order valence-corrected chi connectivity index (χ3v) is 2.79. The normalized spacial score (nSPS) is 10.4. The maximum atomic E-state index is 12.2. The number of methoxy groups -OCH3 is 1. The second-order valence-electron chi connectivity index (χ2n) is 5.07. The van der Waals surface area contributed by atoms with Crippen molar-refractivity contribution in [3.63, 3.8) is 0 Å². The highest BCUT2D eigenvalue weighted by atomic mass is 16.5. The van der Waals surface area contributed by atoms with E-state index in [1.54, 1.807) is 11.1 Å². The lowest BCUT2D eigenvalue weighted by atomic mass is 10.1. The Morgan fingerprint density at radius 2 is 2.05 bits per heavy atom. The fourth-order valence-electron chi connectivity index (χ4n) is 1.85. The van der Waals surface area contributed by atoms with Gasteiger partial charge < -0.3 is 9.64 Å². The molecule has 0 N–H and O–H groups in total. The monoisotopic (exact) mass is 278 g/mol. The third-order valence-electron chi connectivity index (χ3n) is 2.79. The lowest BCUT2D eigenvalue weighted by Gasteiger charge is -2.24. The predicted molar refractivity (Wildman–Crippen MR) is 75.7 cm³/mol. The third kappa shape index (κ3) is 5.82. The molecule has 0 unspecified atom stereocenters. The Balaban J connectivity index is 2.63. The summed E-state index contributed by atoms with van der Waals surface area (Å²) in [4.78, 5) is 29.3. The van der Waals surface area contributed by atoms with Gasteiger partial charge in [0.05, 0.1) is 25.8 Å². The molecule has 0 aliphatic carbocycles. The van der Waals surface area contributed by atoms with Crippen LogP contribution in [0.1, 0.15) is 32.4 Å². The molecule has 0 radical (unpaired) electrons. The molecular formula is C15H22N2O3. The minimum atomic E-state index is -0.360. The number of carbonyl (C=O) groups excluding carboxylic acids is 2. The number of carbonyl (C=O) groups is 2. The quantitative estimate of drug-likeness (QED) is 0.716. The van der Waals surface area contributed by atoms with Crippen LogP contribution in [0.5, 0.6) is 0 Å². The summed E-state index contributed by atoms with van der Waals surface area (Å²) in [5.74, 6) is -0.0452. The average molecular weight is 278 g/mol. The van der Waals surface area contributed by atoms with Gasteiger partial charge in [-0.3, -0.25) is 14.6 Å². The Hall–Kier alpha value is -1.91. The highest BCUT2D eigenvalue weighted by Gasteiger charge is 2.17. The zero-order chi connectivity index (χ0) is 15.0. The number of hydrogen-bond acceptors (Lipinski definition) is 4. The SMILES string of the molecule is COC(=O)CCC(=O)N(Cc1ccccn1)CC(C)C. The van der Waals surface area contributed by atoms with Crippen molar-refractivity contribution in [2.24, 2.45) is 5.92 Å². The van der Waals surface area contributed by atoms with Gasteiger partial charge in [0.1, 0.15) is 0 Å². The van der Waals surface area contributed by atoms with E-state index in [2.05, 4.69) is 23.6 Å². The van der Waals surface area contributed by atoms with Crippen molar-refractivity contribution in [2.75, 3.05) is 13.7 Å². The van der Waals surface area contributed by atoms with E-state index in [1.807, 2.05) is 18.2 Å². The summed E-state index contributed by atoms with van der Waals surface area (Å²) >= 11 is 0. The van der Waals surface area contributed by atoms with Crippen LogP contribution in [0.3, 0.4) is 0 Å². The maximum absolute atomic E-state index is 12.2. The molecule has 0 bridgehead atoms. The lowest BCUT2D eigenvalue weighted by Crippen LogP contribution is -2.34. The van der Waals surface area contributed by atoms with E-state index in [1.165, 1.54) is 7.11 Å². The van der Waals surface area contributed by atoms with Crippen LogP contribution in [-0.2, 0) is 20.9 Å². The Kier molecular flexibility index (Phi) is 6.70. The first-order valence-corrected chi connectivity index (χ1v) is 6.77. The van der Waals surface area contributed by atoms with E-state index >= 15 is 0 Å². The molecule has 0 fully saturated rings. The lowest BCUT2D eigenvalue weighted by molar-refractivity contribution is -0.143. The summed E-state index contributed by atoms with van der Waals surface area (Å²) in [5.41, 5.74) is 0.847. The highest BCUT2D eigenvalue weighted by Crippen LogP contribution is 2.08.